The van der Waals surface area contributed by atoms with Crippen LogP contribution in [0.15, 0.2) is 42.5 Å². The first-order valence-corrected chi connectivity index (χ1v) is 15.9. The molecule has 3 atom stereocenters. The molecule has 0 saturated heterocycles. The molecule has 276 valence electrons. The molecule has 18 heteroatoms. The van der Waals surface area contributed by atoms with Crippen LogP contribution in [0.3, 0.4) is 0 Å². The second-order valence-corrected chi connectivity index (χ2v) is 13.0. The molecule has 0 saturated carbocycles. The number of hydrogen-bond acceptors (Lipinski definition) is 7. The average Bonchev–Trinajstić information content (AvgIpc) is 3.47. The highest BCUT2D eigenvalue weighted by atomic mass is 19.4. The molecule has 51 heavy (non-hydrogen) atoms. The van der Waals surface area contributed by atoms with Gasteiger partial charge in [-0.1, -0.05) is 30.3 Å². The number of carbonyl (C=O) groups is 4. The maximum absolute atomic E-state index is 14.7. The molecular formula is C33H37F6N7O5. The first-order valence-electron chi connectivity index (χ1n) is 15.9. The van der Waals surface area contributed by atoms with Gasteiger partial charge in [-0.05, 0) is 51.3 Å². The van der Waals surface area contributed by atoms with Gasteiger partial charge in [-0.3, -0.25) is 14.4 Å². The van der Waals surface area contributed by atoms with Crippen LogP contribution in [0, 0.1) is 17.5 Å². The van der Waals surface area contributed by atoms with Crippen LogP contribution in [0.25, 0.3) is 0 Å². The van der Waals surface area contributed by atoms with Gasteiger partial charge in [-0.15, -0.1) is 10.2 Å². The smallest absolute Gasteiger partial charge is 0.444 e. The minimum atomic E-state index is -4.76. The van der Waals surface area contributed by atoms with Gasteiger partial charge >= 0.3 is 12.3 Å². The van der Waals surface area contributed by atoms with Crippen LogP contribution >= 0.6 is 0 Å². The molecular weight excluding hydrogens is 688 g/mol. The van der Waals surface area contributed by atoms with Crippen LogP contribution in [0.5, 0.6) is 0 Å². The molecule has 1 aromatic heterocycles. The molecule has 3 N–H and O–H groups in total. The monoisotopic (exact) mass is 725 g/mol. The van der Waals surface area contributed by atoms with E-state index >= 15 is 0 Å². The number of aromatic nitrogens is 3. The normalized spacial score (nSPS) is 14.9. The third-order valence-corrected chi connectivity index (χ3v) is 7.72. The van der Waals surface area contributed by atoms with Gasteiger partial charge in [0.1, 0.15) is 23.5 Å². The summed E-state index contributed by atoms with van der Waals surface area (Å²) in [4.78, 5) is 53.8. The summed E-state index contributed by atoms with van der Waals surface area (Å²) in [6.45, 7) is 5.43. The van der Waals surface area contributed by atoms with Crippen molar-refractivity contribution in [3.05, 3.63) is 82.7 Å². The van der Waals surface area contributed by atoms with E-state index in [1.807, 2.05) is 0 Å². The Balaban J connectivity index is 1.49. The summed E-state index contributed by atoms with van der Waals surface area (Å²) >= 11 is 0. The number of nitrogens with zero attached hydrogens (tertiary/aromatic N) is 4. The van der Waals surface area contributed by atoms with Crippen LogP contribution in [0.1, 0.15) is 56.9 Å². The SMILES string of the molecule is CC(NC(=O)C(Cc1ccccc1)NC(=O)OC(C)(C)C)C(=O)N[C@@H](CC(=O)N1CCn2c(nnc2C(F)(F)F)C1)Cc1cc(F)c(F)cc1F. The van der Waals surface area contributed by atoms with E-state index in [2.05, 4.69) is 26.1 Å². The summed E-state index contributed by atoms with van der Waals surface area (Å²) in [5.41, 5.74) is -0.563. The number of amides is 4. The zero-order valence-electron chi connectivity index (χ0n) is 28.1. The van der Waals surface area contributed by atoms with E-state index in [-0.39, 0.29) is 37.4 Å². The Morgan fingerprint density at radius 1 is 0.863 bits per heavy atom. The number of carbonyl (C=O) groups excluding carboxylic acids is 4. The first kappa shape index (κ1) is 38.6. The number of alkyl carbamates (subject to hydrolysis) is 1. The van der Waals surface area contributed by atoms with Crippen molar-refractivity contribution in [2.75, 3.05) is 6.54 Å². The lowest BCUT2D eigenvalue weighted by Crippen LogP contribution is -2.55. The Morgan fingerprint density at radius 3 is 2.18 bits per heavy atom. The molecule has 0 aliphatic carbocycles. The Kier molecular flexibility index (Phi) is 12.0. The average molecular weight is 726 g/mol. The Labute approximate surface area is 288 Å². The molecule has 0 spiro atoms. The quantitative estimate of drug-likeness (QED) is 0.201. The minimum Gasteiger partial charge on any atom is -0.444 e. The fraction of sp³-hybridized carbons (Fsp3) is 0.455. The molecule has 3 aromatic rings. The summed E-state index contributed by atoms with van der Waals surface area (Å²) < 4.78 is 88.3. The zero-order valence-corrected chi connectivity index (χ0v) is 28.1. The Bertz CT molecular complexity index is 1750. The van der Waals surface area contributed by atoms with E-state index in [0.717, 1.165) is 4.57 Å². The molecule has 0 bridgehead atoms. The van der Waals surface area contributed by atoms with Gasteiger partial charge in [-0.2, -0.15) is 13.2 Å². The van der Waals surface area contributed by atoms with Crippen molar-refractivity contribution in [2.24, 2.45) is 0 Å². The second-order valence-electron chi connectivity index (χ2n) is 13.0. The Hall–Kier alpha value is -5.16. The van der Waals surface area contributed by atoms with Gasteiger partial charge in [-0.25, -0.2) is 18.0 Å². The summed E-state index contributed by atoms with van der Waals surface area (Å²) in [5, 5.41) is 14.2. The number of halogens is 6. The number of rotatable bonds is 11. The van der Waals surface area contributed by atoms with Crippen molar-refractivity contribution in [2.45, 2.75) is 89.9 Å². The van der Waals surface area contributed by atoms with Gasteiger partial charge in [0.25, 0.3) is 0 Å². The molecule has 2 heterocycles. The van der Waals surface area contributed by atoms with Gasteiger partial charge in [0, 0.05) is 38.0 Å². The second kappa shape index (κ2) is 15.8. The molecule has 2 unspecified atom stereocenters. The van der Waals surface area contributed by atoms with E-state index < -0.39 is 89.8 Å². The largest absolute Gasteiger partial charge is 0.451 e. The predicted molar refractivity (Wildman–Crippen MR) is 168 cm³/mol. The number of fused-ring (bicyclic) bond motifs is 1. The number of nitrogens with one attached hydrogen (secondary N) is 3. The topological polar surface area (TPSA) is 148 Å². The third-order valence-electron chi connectivity index (χ3n) is 7.72. The van der Waals surface area contributed by atoms with Crippen LogP contribution in [0.4, 0.5) is 31.1 Å². The van der Waals surface area contributed by atoms with E-state index in [0.29, 0.717) is 17.7 Å². The van der Waals surface area contributed by atoms with E-state index in [1.165, 1.54) is 11.8 Å². The number of benzene rings is 2. The molecule has 0 radical (unpaired) electrons. The molecule has 0 fully saturated rings. The van der Waals surface area contributed by atoms with Gasteiger partial charge in [0.2, 0.25) is 23.5 Å². The van der Waals surface area contributed by atoms with Crippen molar-refractivity contribution in [1.29, 1.82) is 0 Å². The van der Waals surface area contributed by atoms with Gasteiger partial charge < -0.3 is 30.2 Å². The van der Waals surface area contributed by atoms with Crippen LogP contribution < -0.4 is 16.0 Å². The van der Waals surface area contributed by atoms with Gasteiger partial charge in [0.05, 0.1) is 6.54 Å². The zero-order chi connectivity index (χ0) is 37.7. The lowest BCUT2D eigenvalue weighted by molar-refractivity contribution is -0.148. The highest BCUT2D eigenvalue weighted by Gasteiger charge is 2.40. The lowest BCUT2D eigenvalue weighted by Gasteiger charge is -2.30. The Morgan fingerprint density at radius 2 is 1.53 bits per heavy atom. The number of hydrogen-bond donors (Lipinski definition) is 3. The molecule has 1 aliphatic heterocycles. The highest BCUT2D eigenvalue weighted by Crippen LogP contribution is 2.29. The molecule has 4 amide bonds. The molecule has 1 aliphatic rings. The summed E-state index contributed by atoms with van der Waals surface area (Å²) in [6.07, 6.45) is -6.66. The van der Waals surface area contributed by atoms with E-state index in [1.54, 1.807) is 51.1 Å². The van der Waals surface area contributed by atoms with Gasteiger partial charge in [0.15, 0.2) is 17.5 Å². The van der Waals surface area contributed by atoms with E-state index in [4.69, 9.17) is 4.74 Å². The number of ether oxygens (including phenoxy) is 1. The maximum Gasteiger partial charge on any atom is 0.451 e. The molecule has 2 aromatic carbocycles. The van der Waals surface area contributed by atoms with E-state index in [9.17, 15) is 45.5 Å². The standard InChI is InChI=1S/C33H37F6N7O5/c1-18(40-29(49)25(12-19-8-6-5-7-9-19)42-31(50)51-32(2,3)4)28(48)41-21(13-20-14-23(35)24(36)16-22(20)34)15-27(47)45-10-11-46-26(17-45)43-44-30(46)33(37,38)39/h5-9,14,16,18,21,25H,10-13,15,17H2,1-4H3,(H,40,49)(H,41,48)(H,42,50)/t18?,21-,25?/m1/s1. The summed E-state index contributed by atoms with van der Waals surface area (Å²) in [6, 6.07) is 5.85. The predicted octanol–water partition coefficient (Wildman–Crippen LogP) is 3.81. The minimum absolute atomic E-state index is 0.0286. The van der Waals surface area contributed by atoms with Crippen molar-refractivity contribution in [1.82, 2.24) is 35.6 Å². The van der Waals surface area contributed by atoms with Crippen LogP contribution in [-0.4, -0.2) is 73.8 Å². The van der Waals surface area contributed by atoms with Crippen molar-refractivity contribution in [3.8, 4) is 0 Å². The fourth-order valence-electron chi connectivity index (χ4n) is 5.29. The molecule has 4 rings (SSSR count). The van der Waals surface area contributed by atoms with Crippen molar-refractivity contribution < 1.29 is 50.3 Å². The maximum atomic E-state index is 14.7. The van der Waals surface area contributed by atoms with Crippen molar-refractivity contribution in [3.63, 3.8) is 0 Å². The molecule has 12 nitrogen and oxygen atoms in total. The summed E-state index contributed by atoms with van der Waals surface area (Å²) in [7, 11) is 0. The van der Waals surface area contributed by atoms with Crippen LogP contribution in [-0.2, 0) is 51.2 Å². The highest BCUT2D eigenvalue weighted by molar-refractivity contribution is 5.91. The van der Waals surface area contributed by atoms with Crippen LogP contribution in [0.2, 0.25) is 0 Å². The third kappa shape index (κ3) is 10.7. The first-order chi connectivity index (χ1) is 23.8. The summed E-state index contributed by atoms with van der Waals surface area (Å²) in [5.74, 6) is -7.61. The fourth-order valence-corrected chi connectivity index (χ4v) is 5.29. The van der Waals surface area contributed by atoms with Crippen molar-refractivity contribution >= 4 is 23.8 Å². The lowest BCUT2D eigenvalue weighted by atomic mass is 10.0. The number of alkyl halides is 3.